The van der Waals surface area contributed by atoms with E-state index < -0.39 is 6.17 Å². The first kappa shape index (κ1) is 25.9. The summed E-state index contributed by atoms with van der Waals surface area (Å²) in [5.74, 6) is 2.03. The van der Waals surface area contributed by atoms with Crippen molar-refractivity contribution in [3.05, 3.63) is 53.5 Å². The number of thioether (sulfide) groups is 1. The van der Waals surface area contributed by atoms with Gasteiger partial charge in [-0.1, -0.05) is 6.07 Å². The minimum absolute atomic E-state index is 0.182. The fraction of sp³-hybridized carbons (Fsp3) is 0.481. The summed E-state index contributed by atoms with van der Waals surface area (Å²) in [5, 5.41) is 2.90. The number of fused-ring (bicyclic) bond motifs is 1. The minimum Gasteiger partial charge on any atom is -0.497 e. The lowest BCUT2D eigenvalue weighted by Crippen LogP contribution is -2.42. The number of benzene rings is 1. The number of hydrogen-bond donors (Lipinski definition) is 0. The van der Waals surface area contributed by atoms with Crippen LogP contribution in [-0.4, -0.2) is 55.5 Å². The van der Waals surface area contributed by atoms with Gasteiger partial charge in [0, 0.05) is 36.8 Å². The molecule has 3 atom stereocenters. The third-order valence-corrected chi connectivity index (χ3v) is 9.00. The van der Waals surface area contributed by atoms with Gasteiger partial charge in [-0.15, -0.1) is 23.1 Å². The summed E-state index contributed by atoms with van der Waals surface area (Å²) in [6.45, 7) is 2.83. The molecule has 35 heavy (non-hydrogen) atoms. The largest absolute Gasteiger partial charge is 0.497 e. The van der Waals surface area contributed by atoms with Crippen LogP contribution in [-0.2, 0) is 9.53 Å². The second-order valence-electron chi connectivity index (χ2n) is 9.00. The van der Waals surface area contributed by atoms with Crippen LogP contribution in [0.15, 0.2) is 52.2 Å². The smallest absolute Gasteiger partial charge is 0.305 e. The molecule has 0 radical (unpaired) electrons. The molecule has 188 valence electrons. The van der Waals surface area contributed by atoms with Crippen molar-refractivity contribution in [1.29, 1.82) is 0 Å². The van der Waals surface area contributed by atoms with Gasteiger partial charge in [-0.3, -0.25) is 9.78 Å². The number of carbonyl (C=O) groups is 1. The molecular weight excluding hydrogens is 483 g/mol. The van der Waals surface area contributed by atoms with Gasteiger partial charge >= 0.3 is 5.97 Å². The second kappa shape index (κ2) is 12.7. The molecule has 8 heteroatoms. The van der Waals surface area contributed by atoms with Crippen molar-refractivity contribution >= 4 is 40.0 Å². The lowest BCUT2D eigenvalue weighted by atomic mass is 9.79. The third-order valence-electron chi connectivity index (χ3n) is 6.89. The molecule has 0 bridgehead atoms. The van der Waals surface area contributed by atoms with Gasteiger partial charge < -0.3 is 14.4 Å². The molecule has 0 amide bonds. The van der Waals surface area contributed by atoms with Crippen molar-refractivity contribution in [2.24, 2.45) is 11.8 Å². The molecule has 1 aliphatic heterocycles. The molecule has 3 aromatic rings. The number of likely N-dealkylation sites (tertiary alicyclic amines) is 1. The first-order valence-electron chi connectivity index (χ1n) is 12.1. The number of methoxy groups -OCH3 is 2. The van der Waals surface area contributed by atoms with Crippen LogP contribution in [0.2, 0.25) is 0 Å². The van der Waals surface area contributed by atoms with Crippen LogP contribution in [0, 0.1) is 11.8 Å². The Labute approximate surface area is 215 Å². The molecule has 0 saturated carbocycles. The topological polar surface area (TPSA) is 51.7 Å². The number of carbonyl (C=O) groups excluding carboxylic acids is 1. The number of ether oxygens (including phenoxy) is 2. The summed E-state index contributed by atoms with van der Waals surface area (Å²) in [5.41, 5.74) is 1.42. The molecule has 5 nitrogen and oxygen atoms in total. The van der Waals surface area contributed by atoms with Gasteiger partial charge in [0.25, 0.3) is 0 Å². The molecular formula is C27H33FN2O3S2. The van der Waals surface area contributed by atoms with Gasteiger partial charge in [-0.2, -0.15) is 0 Å². The number of rotatable bonds is 11. The van der Waals surface area contributed by atoms with E-state index in [1.54, 1.807) is 30.7 Å². The highest BCUT2D eigenvalue weighted by Crippen LogP contribution is 2.36. The fourth-order valence-corrected chi connectivity index (χ4v) is 6.81. The highest BCUT2D eigenvalue weighted by molar-refractivity contribution is 8.01. The maximum Gasteiger partial charge on any atom is 0.305 e. The van der Waals surface area contributed by atoms with Crippen LogP contribution >= 0.6 is 23.1 Å². The summed E-state index contributed by atoms with van der Waals surface area (Å²) in [6.07, 6.45) is 3.11. The van der Waals surface area contributed by atoms with E-state index in [0.29, 0.717) is 30.1 Å². The van der Waals surface area contributed by atoms with Gasteiger partial charge in [0.15, 0.2) is 0 Å². The highest BCUT2D eigenvalue weighted by atomic mass is 32.2. The van der Waals surface area contributed by atoms with Crippen LogP contribution in [0.3, 0.4) is 0 Å². The predicted octanol–water partition coefficient (Wildman–Crippen LogP) is 6.39. The molecule has 0 aliphatic carbocycles. The average Bonchev–Trinajstić information content (AvgIpc) is 3.40. The molecule has 1 aliphatic rings. The zero-order valence-electron chi connectivity index (χ0n) is 20.3. The van der Waals surface area contributed by atoms with Crippen molar-refractivity contribution in [1.82, 2.24) is 9.88 Å². The third kappa shape index (κ3) is 6.96. The second-order valence-corrected chi connectivity index (χ2v) is 11.3. The Hall–Kier alpha value is -2.16. The number of pyridine rings is 1. The Balaban J connectivity index is 1.37. The van der Waals surface area contributed by atoms with Crippen molar-refractivity contribution in [3.8, 4) is 5.75 Å². The van der Waals surface area contributed by atoms with E-state index in [1.165, 1.54) is 11.3 Å². The zero-order valence-corrected chi connectivity index (χ0v) is 22.0. The molecule has 1 fully saturated rings. The molecule has 4 rings (SSSR count). The minimum atomic E-state index is -1.09. The van der Waals surface area contributed by atoms with Gasteiger partial charge in [-0.25, -0.2) is 4.39 Å². The zero-order chi connectivity index (χ0) is 24.6. The highest BCUT2D eigenvalue weighted by Gasteiger charge is 2.31. The molecule has 0 spiro atoms. The van der Waals surface area contributed by atoms with Crippen molar-refractivity contribution in [2.45, 2.75) is 36.1 Å². The van der Waals surface area contributed by atoms with Crippen LogP contribution in [0.1, 0.15) is 37.4 Å². The summed E-state index contributed by atoms with van der Waals surface area (Å²) in [4.78, 5) is 18.9. The number of alkyl halides is 1. The Morgan fingerprint density at radius 3 is 2.94 bits per heavy atom. The Kier molecular flexibility index (Phi) is 9.40. The van der Waals surface area contributed by atoms with Gasteiger partial charge in [0.1, 0.15) is 11.9 Å². The summed E-state index contributed by atoms with van der Waals surface area (Å²) < 4.78 is 27.2. The lowest BCUT2D eigenvalue weighted by Gasteiger charge is -2.38. The monoisotopic (exact) mass is 516 g/mol. The SMILES string of the molecule is COC(=O)C[C@H]1CN(CCSc2cccs2)CC[C@H]1CCC(F)c1ccnc2ccc(OC)cc12. The Morgan fingerprint density at radius 1 is 1.29 bits per heavy atom. The molecule has 1 aromatic carbocycles. The van der Waals surface area contributed by atoms with Crippen LogP contribution in [0.4, 0.5) is 4.39 Å². The van der Waals surface area contributed by atoms with Crippen LogP contribution in [0.5, 0.6) is 5.75 Å². The quantitative estimate of drug-likeness (QED) is 0.217. The standard InChI is InChI=1S/C27H33FN2O3S2/c1-32-21-6-8-25-23(17-21)22(9-11-29-25)24(28)7-5-19-10-12-30(18-20(19)16-26(31)33-2)13-15-35-27-4-3-14-34-27/h3-4,6,8-9,11,14,17,19-20,24H,5,7,10,12-13,15-16,18H2,1-2H3/t19-,20+,24?/m1/s1. The van der Waals surface area contributed by atoms with Crippen molar-refractivity contribution in [3.63, 3.8) is 0 Å². The van der Waals surface area contributed by atoms with Crippen LogP contribution in [0.25, 0.3) is 10.9 Å². The van der Waals surface area contributed by atoms with E-state index in [4.69, 9.17) is 9.47 Å². The van der Waals surface area contributed by atoms with E-state index in [9.17, 15) is 4.79 Å². The number of piperidine rings is 1. The Morgan fingerprint density at radius 2 is 2.17 bits per heavy atom. The first-order valence-corrected chi connectivity index (χ1v) is 14.0. The first-order chi connectivity index (χ1) is 17.1. The van der Waals surface area contributed by atoms with Gasteiger partial charge in [-0.05, 0) is 78.9 Å². The van der Waals surface area contributed by atoms with Gasteiger partial charge in [0.05, 0.1) is 23.9 Å². The maximum atomic E-state index is 15.5. The lowest BCUT2D eigenvalue weighted by molar-refractivity contribution is -0.142. The number of esters is 1. The molecule has 3 heterocycles. The van der Waals surface area contributed by atoms with Crippen molar-refractivity contribution in [2.75, 3.05) is 39.6 Å². The van der Waals surface area contributed by atoms with Crippen LogP contribution < -0.4 is 4.74 Å². The van der Waals surface area contributed by atoms with E-state index in [2.05, 4.69) is 27.4 Å². The fourth-order valence-electron chi connectivity index (χ4n) is 4.95. The van der Waals surface area contributed by atoms with Gasteiger partial charge in [0.2, 0.25) is 0 Å². The molecule has 1 saturated heterocycles. The number of aromatic nitrogens is 1. The number of hydrogen-bond acceptors (Lipinski definition) is 7. The summed E-state index contributed by atoms with van der Waals surface area (Å²) in [7, 11) is 3.05. The predicted molar refractivity (Wildman–Crippen MR) is 141 cm³/mol. The summed E-state index contributed by atoms with van der Waals surface area (Å²) in [6, 6.07) is 11.6. The molecule has 1 unspecified atom stereocenters. The van der Waals surface area contributed by atoms with E-state index in [1.807, 2.05) is 30.0 Å². The van der Waals surface area contributed by atoms with E-state index >= 15 is 4.39 Å². The van der Waals surface area contributed by atoms with Crippen molar-refractivity contribution < 1.29 is 18.7 Å². The molecule has 2 aromatic heterocycles. The summed E-state index contributed by atoms with van der Waals surface area (Å²) >= 11 is 3.65. The van der Waals surface area contributed by atoms with E-state index in [-0.39, 0.29) is 11.9 Å². The number of thiophene rings is 1. The molecule has 0 N–H and O–H groups in total. The number of halogens is 1. The normalized spacial score (nSPS) is 19.5. The average molecular weight is 517 g/mol. The van der Waals surface area contributed by atoms with E-state index in [0.717, 1.165) is 49.1 Å². The maximum absolute atomic E-state index is 15.5. The number of nitrogens with zero attached hydrogens (tertiary/aromatic N) is 2. The Bertz CT molecular complexity index is 1100.